The molecule has 0 aromatic heterocycles. The van der Waals surface area contributed by atoms with Gasteiger partial charge in [-0.05, 0) is 70.7 Å². The second-order valence-corrected chi connectivity index (χ2v) is 6.28. The van der Waals surface area contributed by atoms with Crippen molar-refractivity contribution in [2.75, 3.05) is 6.54 Å². The molecule has 2 aromatic rings. The predicted molar refractivity (Wildman–Crippen MR) is 90.4 cm³/mol. The SMILES string of the molecule is CCCNC(c1ccc(F)c(Br)c1)c1cccc(Cl)c1C. The maximum Gasteiger partial charge on any atom is 0.137 e. The van der Waals surface area contributed by atoms with Crippen LogP contribution in [-0.4, -0.2) is 6.54 Å². The van der Waals surface area contributed by atoms with E-state index in [1.165, 1.54) is 6.07 Å². The quantitative estimate of drug-likeness (QED) is 0.718. The predicted octanol–water partition coefficient (Wildman–Crippen LogP) is 5.64. The molecule has 0 aliphatic rings. The molecule has 0 fully saturated rings. The highest BCUT2D eigenvalue weighted by molar-refractivity contribution is 9.10. The molecule has 21 heavy (non-hydrogen) atoms. The van der Waals surface area contributed by atoms with Crippen molar-refractivity contribution in [3.8, 4) is 0 Å². The summed E-state index contributed by atoms with van der Waals surface area (Å²) in [5, 5.41) is 4.26. The van der Waals surface area contributed by atoms with E-state index in [0.717, 1.165) is 34.7 Å². The Kier molecular flexibility index (Phi) is 5.80. The normalized spacial score (nSPS) is 12.4. The number of halogens is 3. The number of rotatable bonds is 5. The van der Waals surface area contributed by atoms with E-state index in [2.05, 4.69) is 34.2 Å². The molecule has 112 valence electrons. The molecule has 1 unspecified atom stereocenters. The van der Waals surface area contributed by atoms with Gasteiger partial charge in [-0.2, -0.15) is 0 Å². The standard InChI is InChI=1S/C17H18BrClFN/c1-3-9-21-17(12-7-8-16(20)14(18)10-12)13-5-4-6-15(19)11(13)2/h4-8,10,17,21H,3,9H2,1-2H3. The zero-order chi connectivity index (χ0) is 15.4. The summed E-state index contributed by atoms with van der Waals surface area (Å²) in [5.74, 6) is -0.254. The molecular formula is C17H18BrClFN. The van der Waals surface area contributed by atoms with E-state index in [4.69, 9.17) is 11.6 Å². The Morgan fingerprint density at radius 1 is 1.29 bits per heavy atom. The summed E-state index contributed by atoms with van der Waals surface area (Å²) in [6.45, 7) is 5.01. The lowest BCUT2D eigenvalue weighted by atomic mass is 9.95. The first-order chi connectivity index (χ1) is 10.0. The first-order valence-corrected chi connectivity index (χ1v) is 8.15. The third-order valence-corrected chi connectivity index (χ3v) is 4.51. The second kappa shape index (κ2) is 7.39. The highest BCUT2D eigenvalue weighted by atomic mass is 79.9. The lowest BCUT2D eigenvalue weighted by molar-refractivity contribution is 0.589. The van der Waals surface area contributed by atoms with Crippen molar-refractivity contribution >= 4 is 27.5 Å². The number of nitrogens with one attached hydrogen (secondary N) is 1. The largest absolute Gasteiger partial charge is 0.306 e. The molecule has 2 rings (SSSR count). The third-order valence-electron chi connectivity index (χ3n) is 3.50. The van der Waals surface area contributed by atoms with Crippen molar-refractivity contribution < 1.29 is 4.39 Å². The van der Waals surface area contributed by atoms with Crippen LogP contribution in [0.15, 0.2) is 40.9 Å². The fourth-order valence-corrected chi connectivity index (χ4v) is 2.90. The number of benzene rings is 2. The molecule has 0 saturated heterocycles. The van der Waals surface area contributed by atoms with Crippen molar-refractivity contribution in [3.05, 3.63) is 68.4 Å². The molecule has 0 heterocycles. The maximum atomic E-state index is 13.5. The Labute approximate surface area is 138 Å². The van der Waals surface area contributed by atoms with Crippen LogP contribution >= 0.6 is 27.5 Å². The van der Waals surface area contributed by atoms with Gasteiger partial charge >= 0.3 is 0 Å². The van der Waals surface area contributed by atoms with E-state index in [0.29, 0.717) is 4.47 Å². The first-order valence-electron chi connectivity index (χ1n) is 6.98. The smallest absolute Gasteiger partial charge is 0.137 e. The summed E-state index contributed by atoms with van der Waals surface area (Å²) >= 11 is 9.50. The van der Waals surface area contributed by atoms with Crippen LogP contribution in [-0.2, 0) is 0 Å². The molecular weight excluding hydrogens is 353 g/mol. The van der Waals surface area contributed by atoms with Gasteiger partial charge in [0.25, 0.3) is 0 Å². The van der Waals surface area contributed by atoms with Crippen molar-refractivity contribution in [2.24, 2.45) is 0 Å². The van der Waals surface area contributed by atoms with Crippen LogP contribution in [0.25, 0.3) is 0 Å². The average Bonchev–Trinajstić information content (AvgIpc) is 2.47. The molecule has 0 radical (unpaired) electrons. The van der Waals surface area contributed by atoms with Crippen LogP contribution in [0.3, 0.4) is 0 Å². The fourth-order valence-electron chi connectivity index (χ4n) is 2.32. The van der Waals surface area contributed by atoms with E-state index in [1.807, 2.05) is 31.2 Å². The zero-order valence-electron chi connectivity index (χ0n) is 12.1. The summed E-state index contributed by atoms with van der Waals surface area (Å²) in [5.41, 5.74) is 3.18. The summed E-state index contributed by atoms with van der Waals surface area (Å²) < 4.78 is 13.9. The lowest BCUT2D eigenvalue weighted by Gasteiger charge is -2.22. The average molecular weight is 371 g/mol. The topological polar surface area (TPSA) is 12.0 Å². The molecule has 1 N–H and O–H groups in total. The Balaban J connectivity index is 2.47. The van der Waals surface area contributed by atoms with Gasteiger partial charge in [-0.25, -0.2) is 4.39 Å². The summed E-state index contributed by atoms with van der Waals surface area (Å²) in [7, 11) is 0. The lowest BCUT2D eigenvalue weighted by Crippen LogP contribution is -2.24. The van der Waals surface area contributed by atoms with E-state index < -0.39 is 0 Å². The second-order valence-electron chi connectivity index (χ2n) is 5.01. The van der Waals surface area contributed by atoms with Crippen molar-refractivity contribution in [3.63, 3.8) is 0 Å². The number of hydrogen-bond donors (Lipinski definition) is 1. The Morgan fingerprint density at radius 2 is 2.05 bits per heavy atom. The van der Waals surface area contributed by atoms with E-state index in [9.17, 15) is 4.39 Å². The van der Waals surface area contributed by atoms with Crippen LogP contribution in [0.2, 0.25) is 5.02 Å². The molecule has 1 nitrogen and oxygen atoms in total. The van der Waals surface area contributed by atoms with Gasteiger partial charge in [-0.15, -0.1) is 0 Å². The Morgan fingerprint density at radius 3 is 2.71 bits per heavy atom. The minimum Gasteiger partial charge on any atom is -0.306 e. The Bertz CT molecular complexity index is 630. The van der Waals surface area contributed by atoms with Gasteiger partial charge in [0, 0.05) is 5.02 Å². The molecule has 1 atom stereocenters. The summed E-state index contributed by atoms with van der Waals surface area (Å²) in [6, 6.07) is 11.0. The highest BCUT2D eigenvalue weighted by Crippen LogP contribution is 2.30. The van der Waals surface area contributed by atoms with Crippen molar-refractivity contribution in [2.45, 2.75) is 26.3 Å². The monoisotopic (exact) mass is 369 g/mol. The first kappa shape index (κ1) is 16.5. The number of hydrogen-bond acceptors (Lipinski definition) is 1. The van der Waals surface area contributed by atoms with Gasteiger partial charge in [0.1, 0.15) is 5.82 Å². The van der Waals surface area contributed by atoms with Crippen LogP contribution in [0.5, 0.6) is 0 Å². The van der Waals surface area contributed by atoms with Crippen LogP contribution in [0.4, 0.5) is 4.39 Å². The highest BCUT2D eigenvalue weighted by Gasteiger charge is 2.17. The van der Waals surface area contributed by atoms with Gasteiger partial charge in [0.15, 0.2) is 0 Å². The van der Waals surface area contributed by atoms with Gasteiger partial charge in [-0.1, -0.05) is 36.7 Å². The van der Waals surface area contributed by atoms with Crippen molar-refractivity contribution in [1.82, 2.24) is 5.32 Å². The Hall–Kier alpha value is -0.900. The molecule has 0 amide bonds. The van der Waals surface area contributed by atoms with E-state index in [-0.39, 0.29) is 11.9 Å². The van der Waals surface area contributed by atoms with Crippen molar-refractivity contribution in [1.29, 1.82) is 0 Å². The molecule has 0 bridgehead atoms. The minimum absolute atomic E-state index is 0.000509. The van der Waals surface area contributed by atoms with Gasteiger partial charge in [-0.3, -0.25) is 0 Å². The van der Waals surface area contributed by atoms with Gasteiger partial charge in [0.2, 0.25) is 0 Å². The minimum atomic E-state index is -0.254. The van der Waals surface area contributed by atoms with E-state index in [1.54, 1.807) is 0 Å². The summed E-state index contributed by atoms with van der Waals surface area (Å²) in [4.78, 5) is 0. The molecule has 0 aliphatic heterocycles. The molecule has 0 aliphatic carbocycles. The third kappa shape index (κ3) is 3.85. The molecule has 0 spiro atoms. The van der Waals surface area contributed by atoms with E-state index >= 15 is 0 Å². The fraction of sp³-hybridized carbons (Fsp3) is 0.294. The molecule has 2 aromatic carbocycles. The maximum absolute atomic E-state index is 13.5. The zero-order valence-corrected chi connectivity index (χ0v) is 14.4. The summed E-state index contributed by atoms with van der Waals surface area (Å²) in [6.07, 6.45) is 1.03. The van der Waals surface area contributed by atoms with Gasteiger partial charge in [0.05, 0.1) is 10.5 Å². The molecule has 0 saturated carbocycles. The van der Waals surface area contributed by atoms with Crippen LogP contribution in [0, 0.1) is 12.7 Å². The van der Waals surface area contributed by atoms with Gasteiger partial charge < -0.3 is 5.32 Å². The van der Waals surface area contributed by atoms with Crippen LogP contribution in [0.1, 0.15) is 36.1 Å². The molecule has 4 heteroatoms. The van der Waals surface area contributed by atoms with Crippen LogP contribution < -0.4 is 5.32 Å².